The number of amides is 1. The van der Waals surface area contributed by atoms with Crippen molar-refractivity contribution in [3.63, 3.8) is 0 Å². The summed E-state index contributed by atoms with van der Waals surface area (Å²) in [6.45, 7) is 2.34. The van der Waals surface area contributed by atoms with E-state index < -0.39 is 0 Å². The molecule has 0 radical (unpaired) electrons. The number of carbonyl (C=O) groups is 1. The second-order valence-corrected chi connectivity index (χ2v) is 8.07. The third-order valence-corrected chi connectivity index (χ3v) is 5.56. The maximum Gasteiger partial charge on any atom is 0.227 e. The zero-order chi connectivity index (χ0) is 23.9. The number of methoxy groups -OCH3 is 1. The monoisotopic (exact) mass is 477 g/mol. The van der Waals surface area contributed by atoms with Crippen LogP contribution < -0.4 is 14.8 Å². The SMILES string of the molecule is COc1cc(-c2noc(CCC(=O)Nc3ccc(C)c(Cl)c3)n2)ccc1OCc1ccccc1. The third-order valence-electron chi connectivity index (χ3n) is 5.15. The van der Waals surface area contributed by atoms with Gasteiger partial charge in [-0.15, -0.1) is 0 Å². The Kier molecular flexibility index (Phi) is 7.44. The summed E-state index contributed by atoms with van der Waals surface area (Å²) in [5.41, 5.74) is 3.38. The fourth-order valence-electron chi connectivity index (χ4n) is 3.25. The molecular weight excluding hydrogens is 454 g/mol. The number of hydrogen-bond donors (Lipinski definition) is 1. The number of carbonyl (C=O) groups excluding carboxylic acids is 1. The molecular formula is C26H24ClN3O4. The van der Waals surface area contributed by atoms with Gasteiger partial charge in [0.05, 0.1) is 7.11 Å². The number of aromatic nitrogens is 2. The molecule has 0 bridgehead atoms. The molecule has 3 aromatic carbocycles. The zero-order valence-electron chi connectivity index (χ0n) is 18.9. The molecule has 0 fully saturated rings. The highest BCUT2D eigenvalue weighted by Crippen LogP contribution is 2.32. The first kappa shape index (κ1) is 23.3. The average molecular weight is 478 g/mol. The van der Waals surface area contributed by atoms with E-state index >= 15 is 0 Å². The van der Waals surface area contributed by atoms with Crippen LogP contribution in [0.3, 0.4) is 0 Å². The lowest BCUT2D eigenvalue weighted by Crippen LogP contribution is -2.12. The minimum Gasteiger partial charge on any atom is -0.493 e. The van der Waals surface area contributed by atoms with E-state index in [2.05, 4.69) is 15.5 Å². The maximum atomic E-state index is 12.3. The van der Waals surface area contributed by atoms with E-state index in [0.717, 1.165) is 16.7 Å². The van der Waals surface area contributed by atoms with Crippen LogP contribution in [0.15, 0.2) is 71.3 Å². The molecule has 7 nitrogen and oxygen atoms in total. The predicted octanol–water partition coefficient (Wildman–Crippen LogP) is 5.86. The van der Waals surface area contributed by atoms with Gasteiger partial charge in [-0.3, -0.25) is 4.79 Å². The van der Waals surface area contributed by atoms with Crippen LogP contribution in [0.2, 0.25) is 5.02 Å². The molecule has 1 aromatic heterocycles. The highest BCUT2D eigenvalue weighted by molar-refractivity contribution is 6.31. The summed E-state index contributed by atoms with van der Waals surface area (Å²) in [5, 5.41) is 7.46. The number of hydrogen-bond acceptors (Lipinski definition) is 6. The first-order valence-electron chi connectivity index (χ1n) is 10.8. The van der Waals surface area contributed by atoms with Crippen LogP contribution in [0.5, 0.6) is 11.5 Å². The number of nitrogens with one attached hydrogen (secondary N) is 1. The van der Waals surface area contributed by atoms with Crippen LogP contribution in [0.25, 0.3) is 11.4 Å². The largest absolute Gasteiger partial charge is 0.493 e. The fourth-order valence-corrected chi connectivity index (χ4v) is 3.43. The van der Waals surface area contributed by atoms with Crippen molar-refractivity contribution >= 4 is 23.2 Å². The number of halogens is 1. The van der Waals surface area contributed by atoms with E-state index in [1.165, 1.54) is 0 Å². The van der Waals surface area contributed by atoms with E-state index in [1.807, 2.05) is 61.5 Å². The van der Waals surface area contributed by atoms with Crippen molar-refractivity contribution in [2.24, 2.45) is 0 Å². The van der Waals surface area contributed by atoms with Gasteiger partial charge < -0.3 is 19.3 Å². The molecule has 0 aliphatic heterocycles. The molecule has 0 unspecified atom stereocenters. The van der Waals surface area contributed by atoms with Gasteiger partial charge >= 0.3 is 0 Å². The Morgan fingerprint density at radius 1 is 1.06 bits per heavy atom. The van der Waals surface area contributed by atoms with Crippen molar-refractivity contribution in [3.05, 3.63) is 88.8 Å². The number of rotatable bonds is 9. The van der Waals surface area contributed by atoms with Crippen molar-refractivity contribution in [3.8, 4) is 22.9 Å². The van der Waals surface area contributed by atoms with Gasteiger partial charge in [0.1, 0.15) is 6.61 Å². The summed E-state index contributed by atoms with van der Waals surface area (Å²) in [6, 6.07) is 20.7. The van der Waals surface area contributed by atoms with E-state index in [0.29, 0.717) is 47.0 Å². The standard InChI is InChI=1S/C26H24ClN3O4/c1-17-8-10-20(15-21(17)27)28-24(31)12-13-25-29-26(30-34-25)19-9-11-22(23(14-19)32-2)33-16-18-6-4-3-5-7-18/h3-11,14-15H,12-13,16H2,1-2H3,(H,28,31). The molecule has 4 aromatic rings. The second-order valence-electron chi connectivity index (χ2n) is 7.66. The molecule has 4 rings (SSSR count). The highest BCUT2D eigenvalue weighted by Gasteiger charge is 2.14. The summed E-state index contributed by atoms with van der Waals surface area (Å²) in [4.78, 5) is 16.7. The summed E-state index contributed by atoms with van der Waals surface area (Å²) in [5.74, 6) is 1.80. The van der Waals surface area contributed by atoms with Crippen LogP contribution >= 0.6 is 11.6 Å². The van der Waals surface area contributed by atoms with Crippen molar-refractivity contribution in [2.45, 2.75) is 26.4 Å². The molecule has 0 aliphatic carbocycles. The summed E-state index contributed by atoms with van der Waals surface area (Å²) in [6.07, 6.45) is 0.510. The first-order valence-corrected chi connectivity index (χ1v) is 11.1. The zero-order valence-corrected chi connectivity index (χ0v) is 19.6. The molecule has 1 heterocycles. The molecule has 34 heavy (non-hydrogen) atoms. The van der Waals surface area contributed by atoms with Gasteiger partial charge in [0.25, 0.3) is 0 Å². The Labute approximate surface area is 202 Å². The number of anilines is 1. The van der Waals surface area contributed by atoms with Gasteiger partial charge in [-0.1, -0.05) is 53.2 Å². The molecule has 0 atom stereocenters. The van der Waals surface area contributed by atoms with Crippen molar-refractivity contribution in [1.82, 2.24) is 10.1 Å². The molecule has 174 valence electrons. The van der Waals surface area contributed by atoms with Gasteiger partial charge in [0.15, 0.2) is 11.5 Å². The normalized spacial score (nSPS) is 10.7. The topological polar surface area (TPSA) is 86.5 Å². The second kappa shape index (κ2) is 10.9. The quantitative estimate of drug-likeness (QED) is 0.325. The third kappa shape index (κ3) is 5.94. The summed E-state index contributed by atoms with van der Waals surface area (Å²) < 4.78 is 16.7. The maximum absolute atomic E-state index is 12.3. The lowest BCUT2D eigenvalue weighted by molar-refractivity contribution is -0.116. The lowest BCUT2D eigenvalue weighted by atomic mass is 10.2. The van der Waals surface area contributed by atoms with Crippen molar-refractivity contribution < 1.29 is 18.8 Å². The van der Waals surface area contributed by atoms with Gasteiger partial charge in [0.2, 0.25) is 17.6 Å². The smallest absolute Gasteiger partial charge is 0.227 e. The highest BCUT2D eigenvalue weighted by atomic mass is 35.5. The Balaban J connectivity index is 1.36. The van der Waals surface area contributed by atoms with Gasteiger partial charge in [0, 0.05) is 29.1 Å². The first-order chi connectivity index (χ1) is 16.5. The fraction of sp³-hybridized carbons (Fsp3) is 0.192. The Morgan fingerprint density at radius 3 is 2.65 bits per heavy atom. The molecule has 8 heteroatoms. The van der Waals surface area contributed by atoms with Crippen LogP contribution in [0.1, 0.15) is 23.4 Å². The van der Waals surface area contributed by atoms with Crippen LogP contribution in [0, 0.1) is 6.92 Å². The molecule has 0 spiro atoms. The van der Waals surface area contributed by atoms with E-state index in [9.17, 15) is 4.79 Å². The van der Waals surface area contributed by atoms with Crippen LogP contribution in [-0.2, 0) is 17.8 Å². The molecule has 0 saturated heterocycles. The summed E-state index contributed by atoms with van der Waals surface area (Å²) >= 11 is 6.11. The molecule has 0 aliphatic rings. The minimum absolute atomic E-state index is 0.166. The minimum atomic E-state index is -0.166. The number of benzene rings is 3. The molecule has 0 saturated carbocycles. The van der Waals surface area contributed by atoms with Gasteiger partial charge in [-0.25, -0.2) is 0 Å². The predicted molar refractivity (Wildman–Crippen MR) is 130 cm³/mol. The van der Waals surface area contributed by atoms with E-state index in [4.69, 9.17) is 25.6 Å². The summed E-state index contributed by atoms with van der Waals surface area (Å²) in [7, 11) is 1.58. The molecule has 1 N–H and O–H groups in total. The Hall–Kier alpha value is -3.84. The van der Waals surface area contributed by atoms with Gasteiger partial charge in [-0.2, -0.15) is 4.98 Å². The van der Waals surface area contributed by atoms with E-state index in [1.54, 1.807) is 19.2 Å². The van der Waals surface area contributed by atoms with Crippen LogP contribution in [0.4, 0.5) is 5.69 Å². The average Bonchev–Trinajstić information content (AvgIpc) is 3.33. The number of aryl methyl sites for hydroxylation is 2. The van der Waals surface area contributed by atoms with Gasteiger partial charge in [-0.05, 0) is 48.4 Å². The molecule has 1 amide bonds. The van der Waals surface area contributed by atoms with Crippen molar-refractivity contribution in [2.75, 3.05) is 12.4 Å². The van der Waals surface area contributed by atoms with E-state index in [-0.39, 0.29) is 12.3 Å². The number of ether oxygens (including phenoxy) is 2. The van der Waals surface area contributed by atoms with Crippen molar-refractivity contribution in [1.29, 1.82) is 0 Å². The van der Waals surface area contributed by atoms with Crippen LogP contribution in [-0.4, -0.2) is 23.2 Å². The lowest BCUT2D eigenvalue weighted by Gasteiger charge is -2.11. The number of nitrogens with zero attached hydrogens (tertiary/aromatic N) is 2. The Bertz CT molecular complexity index is 1270. The Morgan fingerprint density at radius 2 is 1.88 bits per heavy atom.